The third-order valence-corrected chi connectivity index (χ3v) is 4.72. The lowest BCUT2D eigenvalue weighted by Gasteiger charge is -2.26. The summed E-state index contributed by atoms with van der Waals surface area (Å²) >= 11 is 0. The molecule has 0 spiro atoms. The molecule has 2 aliphatic rings. The minimum atomic E-state index is -0.795. The number of nitrogens with two attached hydrogens (primary N) is 1. The zero-order valence-corrected chi connectivity index (χ0v) is 11.8. The summed E-state index contributed by atoms with van der Waals surface area (Å²) in [5.41, 5.74) is 7.09. The Bertz CT molecular complexity index is 546. The van der Waals surface area contributed by atoms with Crippen molar-refractivity contribution in [2.75, 3.05) is 0 Å². The Labute approximate surface area is 123 Å². The molecule has 112 valence electrons. The molecule has 0 aromatic heterocycles. The maximum atomic E-state index is 12.6. The number of benzene rings is 1. The second kappa shape index (κ2) is 5.48. The van der Waals surface area contributed by atoms with E-state index in [-0.39, 0.29) is 18.0 Å². The summed E-state index contributed by atoms with van der Waals surface area (Å²) in [7, 11) is 0. The van der Waals surface area contributed by atoms with Crippen LogP contribution in [0.25, 0.3) is 0 Å². The third-order valence-electron chi connectivity index (χ3n) is 4.72. The molecule has 0 saturated carbocycles. The van der Waals surface area contributed by atoms with E-state index in [1.54, 1.807) is 4.90 Å². The Morgan fingerprint density at radius 2 is 2.00 bits per heavy atom. The largest absolute Gasteiger partial charge is 0.481 e. The predicted octanol–water partition coefficient (Wildman–Crippen LogP) is 1.02. The summed E-state index contributed by atoms with van der Waals surface area (Å²) in [4.78, 5) is 25.6. The summed E-state index contributed by atoms with van der Waals surface area (Å²) in [5.74, 6) is -1.32. The minimum absolute atomic E-state index is 0.0606. The first-order chi connectivity index (χ1) is 10.1. The fraction of sp³-hybridized carbons (Fsp3) is 0.500. The molecule has 0 aliphatic carbocycles. The van der Waals surface area contributed by atoms with Crippen molar-refractivity contribution in [1.82, 2.24) is 4.90 Å². The number of amides is 1. The Kier molecular flexibility index (Phi) is 3.68. The van der Waals surface area contributed by atoms with Gasteiger partial charge >= 0.3 is 5.97 Å². The van der Waals surface area contributed by atoms with E-state index in [1.807, 2.05) is 30.3 Å². The number of carbonyl (C=O) groups is 2. The van der Waals surface area contributed by atoms with Crippen LogP contribution in [-0.4, -0.2) is 40.0 Å². The number of carboxylic acids is 1. The average Bonchev–Trinajstić information content (AvgIpc) is 3.05. The zero-order chi connectivity index (χ0) is 15.0. The number of carboxylic acid groups (broad SMARTS) is 1. The van der Waals surface area contributed by atoms with Gasteiger partial charge in [0.15, 0.2) is 0 Å². The topological polar surface area (TPSA) is 83.6 Å². The molecule has 5 nitrogen and oxygen atoms in total. The number of fused-ring (bicyclic) bond motifs is 2. The first kappa shape index (κ1) is 14.1. The van der Waals surface area contributed by atoms with Crippen LogP contribution in [0, 0.1) is 5.92 Å². The molecule has 21 heavy (non-hydrogen) atoms. The summed E-state index contributed by atoms with van der Waals surface area (Å²) in [5, 5.41) is 9.24. The van der Waals surface area contributed by atoms with Crippen LogP contribution < -0.4 is 5.73 Å². The van der Waals surface area contributed by atoms with Crippen LogP contribution in [0.2, 0.25) is 0 Å². The fourth-order valence-corrected chi connectivity index (χ4v) is 3.74. The highest BCUT2D eigenvalue weighted by Crippen LogP contribution is 2.42. The monoisotopic (exact) mass is 288 g/mol. The van der Waals surface area contributed by atoms with E-state index in [4.69, 9.17) is 5.73 Å². The molecule has 1 aromatic rings. The number of carbonyl (C=O) groups excluding carboxylic acids is 1. The Balaban J connectivity index is 1.69. The molecule has 2 saturated heterocycles. The summed E-state index contributed by atoms with van der Waals surface area (Å²) in [6.45, 7) is 0. The van der Waals surface area contributed by atoms with Gasteiger partial charge in [0.1, 0.15) is 0 Å². The van der Waals surface area contributed by atoms with Crippen molar-refractivity contribution >= 4 is 11.9 Å². The summed E-state index contributed by atoms with van der Waals surface area (Å²) < 4.78 is 0. The Morgan fingerprint density at radius 3 is 2.62 bits per heavy atom. The second-order valence-corrected chi connectivity index (χ2v) is 6.02. The first-order valence-corrected chi connectivity index (χ1v) is 7.42. The average molecular weight is 288 g/mol. The number of nitrogens with zero attached hydrogens (tertiary/aromatic N) is 1. The quantitative estimate of drug-likeness (QED) is 0.866. The molecule has 2 aliphatic heterocycles. The highest BCUT2D eigenvalue weighted by atomic mass is 16.4. The van der Waals surface area contributed by atoms with E-state index in [0.29, 0.717) is 12.8 Å². The highest BCUT2D eigenvalue weighted by molar-refractivity contribution is 5.85. The van der Waals surface area contributed by atoms with Crippen LogP contribution in [0.3, 0.4) is 0 Å². The minimum Gasteiger partial charge on any atom is -0.481 e. The van der Waals surface area contributed by atoms with Gasteiger partial charge in [-0.3, -0.25) is 9.59 Å². The molecule has 2 heterocycles. The van der Waals surface area contributed by atoms with Crippen LogP contribution in [-0.2, 0) is 16.0 Å². The fourth-order valence-electron chi connectivity index (χ4n) is 3.74. The summed E-state index contributed by atoms with van der Waals surface area (Å²) in [6, 6.07) is 8.97. The van der Waals surface area contributed by atoms with Gasteiger partial charge in [0.2, 0.25) is 5.91 Å². The van der Waals surface area contributed by atoms with Gasteiger partial charge in [-0.1, -0.05) is 30.3 Å². The van der Waals surface area contributed by atoms with Gasteiger partial charge in [0, 0.05) is 12.1 Å². The molecule has 2 bridgehead atoms. The van der Waals surface area contributed by atoms with Crippen LogP contribution in [0.1, 0.15) is 24.8 Å². The normalized spacial score (nSPS) is 28.6. The Morgan fingerprint density at radius 1 is 1.29 bits per heavy atom. The molecule has 4 unspecified atom stereocenters. The van der Waals surface area contributed by atoms with Crippen molar-refractivity contribution in [3.63, 3.8) is 0 Å². The molecular formula is C16H20N2O3. The lowest BCUT2D eigenvalue weighted by atomic mass is 9.89. The molecule has 3 rings (SSSR count). The van der Waals surface area contributed by atoms with Crippen molar-refractivity contribution in [3.05, 3.63) is 35.9 Å². The molecule has 5 heteroatoms. The lowest BCUT2D eigenvalue weighted by molar-refractivity contribution is -0.143. The van der Waals surface area contributed by atoms with Gasteiger partial charge in [-0.2, -0.15) is 0 Å². The highest BCUT2D eigenvalue weighted by Gasteiger charge is 2.51. The number of aliphatic carboxylic acids is 1. The van der Waals surface area contributed by atoms with E-state index in [9.17, 15) is 14.7 Å². The van der Waals surface area contributed by atoms with Crippen molar-refractivity contribution in [2.24, 2.45) is 11.7 Å². The van der Waals surface area contributed by atoms with Crippen molar-refractivity contribution < 1.29 is 14.7 Å². The van der Waals surface area contributed by atoms with Crippen LogP contribution in [0.15, 0.2) is 30.3 Å². The maximum absolute atomic E-state index is 12.6. The van der Waals surface area contributed by atoms with E-state index in [1.165, 1.54) is 0 Å². The van der Waals surface area contributed by atoms with Crippen molar-refractivity contribution in [2.45, 2.75) is 43.8 Å². The predicted molar refractivity (Wildman–Crippen MR) is 77.5 cm³/mol. The van der Waals surface area contributed by atoms with Crippen LogP contribution >= 0.6 is 0 Å². The standard InChI is InChI=1S/C16H20N2O3/c17-13(8-10-4-2-1-3-5-10)15(19)18-11-6-7-14(18)12(9-11)16(20)21/h1-5,11-14H,6-9,17H2,(H,20,21). The first-order valence-electron chi connectivity index (χ1n) is 7.42. The SMILES string of the molecule is NC(Cc1ccccc1)C(=O)N1C2CCC1C(C(=O)O)C2. The van der Waals surface area contributed by atoms with Gasteiger partial charge in [-0.25, -0.2) is 0 Å². The molecule has 2 fully saturated rings. The number of hydrogen-bond acceptors (Lipinski definition) is 3. The molecule has 3 N–H and O–H groups in total. The van der Waals surface area contributed by atoms with Crippen molar-refractivity contribution in [1.29, 1.82) is 0 Å². The lowest BCUT2D eigenvalue weighted by Crippen LogP contribution is -2.48. The molecule has 1 amide bonds. The van der Waals surface area contributed by atoms with E-state index < -0.39 is 17.9 Å². The molecule has 4 atom stereocenters. The third kappa shape index (κ3) is 2.53. The van der Waals surface area contributed by atoms with E-state index in [0.717, 1.165) is 18.4 Å². The number of rotatable bonds is 4. The molecule has 0 radical (unpaired) electrons. The van der Waals surface area contributed by atoms with Gasteiger partial charge < -0.3 is 15.7 Å². The van der Waals surface area contributed by atoms with E-state index >= 15 is 0 Å². The smallest absolute Gasteiger partial charge is 0.308 e. The zero-order valence-electron chi connectivity index (χ0n) is 11.8. The maximum Gasteiger partial charge on any atom is 0.308 e. The number of hydrogen-bond donors (Lipinski definition) is 2. The van der Waals surface area contributed by atoms with Crippen LogP contribution in [0.5, 0.6) is 0 Å². The van der Waals surface area contributed by atoms with Gasteiger partial charge in [-0.05, 0) is 31.2 Å². The Hall–Kier alpha value is -1.88. The molecule has 1 aromatic carbocycles. The second-order valence-electron chi connectivity index (χ2n) is 6.02. The van der Waals surface area contributed by atoms with Crippen LogP contribution in [0.4, 0.5) is 0 Å². The van der Waals surface area contributed by atoms with E-state index in [2.05, 4.69) is 0 Å². The van der Waals surface area contributed by atoms with Crippen molar-refractivity contribution in [3.8, 4) is 0 Å². The van der Waals surface area contributed by atoms with Gasteiger partial charge in [0.05, 0.1) is 12.0 Å². The molecular weight excluding hydrogens is 268 g/mol. The van der Waals surface area contributed by atoms with Gasteiger partial charge in [-0.15, -0.1) is 0 Å². The summed E-state index contributed by atoms with van der Waals surface area (Å²) in [6.07, 6.45) is 2.75. The van der Waals surface area contributed by atoms with Gasteiger partial charge in [0.25, 0.3) is 0 Å².